The number of morpholine rings is 1. The fraction of sp³-hybridized carbons (Fsp3) is 0.393. The Morgan fingerprint density at radius 2 is 2.07 bits per heavy atom. The van der Waals surface area contributed by atoms with Gasteiger partial charge >= 0.3 is 6.09 Å². The summed E-state index contributed by atoms with van der Waals surface area (Å²) in [5.74, 6) is -0.323. The largest absolute Gasteiger partial charge is 0.465 e. The molecule has 3 amide bonds. The Balaban J connectivity index is 1.24. The molecule has 212 valence electrons. The van der Waals surface area contributed by atoms with Crippen molar-refractivity contribution in [3.8, 4) is 11.3 Å². The monoisotopic (exact) mass is 577 g/mol. The summed E-state index contributed by atoms with van der Waals surface area (Å²) in [4.78, 5) is 46.8. The molecule has 2 unspecified atom stereocenters. The number of amides is 3. The maximum absolute atomic E-state index is 13.1. The second-order valence-electron chi connectivity index (χ2n) is 10.8. The molecule has 3 fully saturated rings. The van der Waals surface area contributed by atoms with Crippen molar-refractivity contribution in [3.63, 3.8) is 0 Å². The Labute approximate surface area is 239 Å². The number of rotatable bonds is 5. The first-order valence-electron chi connectivity index (χ1n) is 13.6. The van der Waals surface area contributed by atoms with E-state index in [0.29, 0.717) is 35.9 Å². The van der Waals surface area contributed by atoms with Gasteiger partial charge in [-0.15, -0.1) is 0 Å². The van der Waals surface area contributed by atoms with Gasteiger partial charge in [0.05, 0.1) is 61.7 Å². The molecule has 0 radical (unpaired) electrons. The summed E-state index contributed by atoms with van der Waals surface area (Å²) in [5.41, 5.74) is 3.81. The Morgan fingerprint density at radius 1 is 1.20 bits per heavy atom. The molecule has 0 saturated carbocycles. The van der Waals surface area contributed by atoms with E-state index in [9.17, 15) is 19.5 Å². The molecule has 41 heavy (non-hydrogen) atoms. The molecule has 6 heterocycles. The van der Waals surface area contributed by atoms with Crippen LogP contribution in [0.25, 0.3) is 27.7 Å². The average Bonchev–Trinajstić information content (AvgIpc) is 3.69. The van der Waals surface area contributed by atoms with E-state index in [1.54, 1.807) is 4.52 Å². The molecule has 2 atom stereocenters. The molecule has 0 spiro atoms. The Hall–Kier alpha value is -4.00. The highest BCUT2D eigenvalue weighted by Gasteiger charge is 2.42. The van der Waals surface area contributed by atoms with Crippen LogP contribution in [-0.2, 0) is 27.4 Å². The van der Waals surface area contributed by atoms with Crippen LogP contribution in [0.4, 0.5) is 4.79 Å². The van der Waals surface area contributed by atoms with Gasteiger partial charge in [0, 0.05) is 34.9 Å². The highest BCUT2D eigenvalue weighted by Crippen LogP contribution is 2.35. The van der Waals surface area contributed by atoms with E-state index in [-0.39, 0.29) is 43.6 Å². The molecule has 0 bridgehead atoms. The molecule has 3 aliphatic heterocycles. The number of piperazine rings is 1. The molecule has 13 heteroatoms. The first-order chi connectivity index (χ1) is 19.9. The normalized spacial score (nSPS) is 21.8. The van der Waals surface area contributed by atoms with Gasteiger partial charge in [-0.25, -0.2) is 14.3 Å². The Bertz CT molecular complexity index is 1700. The van der Waals surface area contributed by atoms with Crippen LogP contribution in [0, 0.1) is 0 Å². The summed E-state index contributed by atoms with van der Waals surface area (Å²) in [6.07, 6.45) is 5.67. The third-order valence-electron chi connectivity index (χ3n) is 8.25. The summed E-state index contributed by atoms with van der Waals surface area (Å²) >= 11 is 6.55. The van der Waals surface area contributed by atoms with E-state index in [2.05, 4.69) is 10.1 Å². The van der Waals surface area contributed by atoms with Crippen molar-refractivity contribution in [1.29, 1.82) is 0 Å². The number of carbonyl (C=O) groups is 3. The third kappa shape index (κ3) is 4.61. The molecule has 1 N–H and O–H groups in total. The smallest absolute Gasteiger partial charge is 0.407 e. The van der Waals surface area contributed by atoms with Gasteiger partial charge in [0.2, 0.25) is 11.8 Å². The number of carbonyl (C=O) groups excluding carboxylic acids is 2. The standard InChI is InChI=1S/C28H28ClN7O5/c29-19-9-18-3-5-33(13-20-14-34(28(39)40)6-7-41-20)26(18)21(10-19)25-23-8-17(12-36(23)31-16-30-25)11-35-24(37)15-32-4-1-2-22(32)27(35)38/h3,5,8-10,12,16,20,22H,1-2,4,6-7,11,13-15H2,(H,39,40). The van der Waals surface area contributed by atoms with E-state index in [0.717, 1.165) is 41.4 Å². The fourth-order valence-corrected chi connectivity index (χ4v) is 6.58. The second-order valence-corrected chi connectivity index (χ2v) is 11.3. The van der Waals surface area contributed by atoms with Crippen molar-refractivity contribution in [1.82, 2.24) is 33.9 Å². The van der Waals surface area contributed by atoms with Crippen LogP contribution in [0.3, 0.4) is 0 Å². The summed E-state index contributed by atoms with van der Waals surface area (Å²) in [6, 6.07) is 7.39. The summed E-state index contributed by atoms with van der Waals surface area (Å²) in [5, 5.41) is 15.3. The van der Waals surface area contributed by atoms with Crippen LogP contribution in [0.1, 0.15) is 18.4 Å². The number of hydrogen-bond acceptors (Lipinski definition) is 7. The molecule has 12 nitrogen and oxygen atoms in total. The van der Waals surface area contributed by atoms with Gasteiger partial charge in [0.15, 0.2) is 0 Å². The molecule has 1 aromatic carbocycles. The van der Waals surface area contributed by atoms with E-state index >= 15 is 0 Å². The number of hydrogen-bond donors (Lipinski definition) is 1. The van der Waals surface area contributed by atoms with Gasteiger partial charge in [0.1, 0.15) is 6.33 Å². The minimum Gasteiger partial charge on any atom is -0.465 e. The number of halogens is 1. The lowest BCUT2D eigenvalue weighted by atomic mass is 10.1. The van der Waals surface area contributed by atoms with Crippen molar-refractivity contribution in [2.45, 2.75) is 38.1 Å². The fourth-order valence-electron chi connectivity index (χ4n) is 6.35. The Kier molecular flexibility index (Phi) is 6.40. The number of aromatic nitrogens is 4. The molecule has 3 saturated heterocycles. The van der Waals surface area contributed by atoms with Crippen LogP contribution >= 0.6 is 11.6 Å². The predicted molar refractivity (Wildman–Crippen MR) is 148 cm³/mol. The third-order valence-corrected chi connectivity index (χ3v) is 8.47. The van der Waals surface area contributed by atoms with Crippen molar-refractivity contribution < 1.29 is 24.2 Å². The highest BCUT2D eigenvalue weighted by molar-refractivity contribution is 6.32. The predicted octanol–water partition coefficient (Wildman–Crippen LogP) is 2.72. The number of imide groups is 1. The topological polar surface area (TPSA) is 126 Å². The summed E-state index contributed by atoms with van der Waals surface area (Å²) in [7, 11) is 0. The molecule has 3 aliphatic rings. The number of carboxylic acid groups (broad SMARTS) is 1. The van der Waals surface area contributed by atoms with Gasteiger partial charge in [-0.2, -0.15) is 5.10 Å². The zero-order chi connectivity index (χ0) is 28.2. The maximum atomic E-state index is 13.1. The van der Waals surface area contributed by atoms with Crippen LogP contribution in [-0.4, -0.2) is 102 Å². The quantitative estimate of drug-likeness (QED) is 0.359. The van der Waals surface area contributed by atoms with Crippen molar-refractivity contribution in [3.05, 3.63) is 53.6 Å². The number of benzene rings is 1. The van der Waals surface area contributed by atoms with E-state index in [4.69, 9.17) is 16.3 Å². The lowest BCUT2D eigenvalue weighted by Gasteiger charge is -2.34. The minimum absolute atomic E-state index is 0.138. The molecule has 4 aromatic rings. The van der Waals surface area contributed by atoms with Gasteiger partial charge < -0.3 is 19.3 Å². The second kappa shape index (κ2) is 10.1. The molecule has 0 aliphatic carbocycles. The van der Waals surface area contributed by atoms with Gasteiger partial charge in [-0.3, -0.25) is 19.4 Å². The highest BCUT2D eigenvalue weighted by atomic mass is 35.5. The lowest BCUT2D eigenvalue weighted by Crippen LogP contribution is -2.56. The zero-order valence-electron chi connectivity index (χ0n) is 22.1. The van der Waals surface area contributed by atoms with Gasteiger partial charge in [0.25, 0.3) is 0 Å². The first-order valence-corrected chi connectivity index (χ1v) is 14.0. The van der Waals surface area contributed by atoms with E-state index < -0.39 is 6.09 Å². The lowest BCUT2D eigenvalue weighted by molar-refractivity contribution is -0.155. The average molecular weight is 578 g/mol. The molecule has 7 rings (SSSR count). The first kappa shape index (κ1) is 25.9. The van der Waals surface area contributed by atoms with Crippen LogP contribution in [0.15, 0.2) is 43.0 Å². The number of nitrogens with zero attached hydrogens (tertiary/aromatic N) is 7. The van der Waals surface area contributed by atoms with Crippen LogP contribution < -0.4 is 0 Å². The molecular weight excluding hydrogens is 550 g/mol. The SMILES string of the molecule is O=C(O)N1CCOC(Cn2ccc3cc(Cl)cc(-c4ncnn5cc(CN6C(=O)CN7CCCC7C6=O)cc45)c32)C1. The van der Waals surface area contributed by atoms with Crippen molar-refractivity contribution in [2.24, 2.45) is 0 Å². The van der Waals surface area contributed by atoms with Crippen LogP contribution in [0.2, 0.25) is 5.02 Å². The number of fused-ring (bicyclic) bond motifs is 3. The summed E-state index contributed by atoms with van der Waals surface area (Å²) < 4.78 is 9.64. The van der Waals surface area contributed by atoms with Crippen LogP contribution in [0.5, 0.6) is 0 Å². The molecule has 3 aromatic heterocycles. The maximum Gasteiger partial charge on any atom is 0.407 e. The number of ether oxygens (including phenoxy) is 1. The summed E-state index contributed by atoms with van der Waals surface area (Å²) in [6.45, 7) is 2.65. The van der Waals surface area contributed by atoms with E-state index in [1.807, 2.05) is 46.1 Å². The van der Waals surface area contributed by atoms with E-state index in [1.165, 1.54) is 16.1 Å². The van der Waals surface area contributed by atoms with Gasteiger partial charge in [-0.1, -0.05) is 11.6 Å². The Morgan fingerprint density at radius 3 is 2.93 bits per heavy atom. The molecular formula is C28H28ClN7O5. The zero-order valence-corrected chi connectivity index (χ0v) is 22.9. The minimum atomic E-state index is -0.955. The van der Waals surface area contributed by atoms with Gasteiger partial charge in [-0.05, 0) is 49.2 Å². The van der Waals surface area contributed by atoms with Crippen molar-refractivity contribution in [2.75, 3.05) is 32.8 Å². The van der Waals surface area contributed by atoms with Crippen molar-refractivity contribution >= 4 is 45.9 Å².